The van der Waals surface area contributed by atoms with Crippen molar-refractivity contribution in [2.75, 3.05) is 13.7 Å². The first-order valence-electron chi connectivity index (χ1n) is 5.57. The van der Waals surface area contributed by atoms with Gasteiger partial charge in [-0.3, -0.25) is 5.32 Å². The molecule has 1 aliphatic rings. The average Bonchev–Trinajstić information content (AvgIpc) is 2.27. The fourth-order valence-corrected chi connectivity index (χ4v) is 2.28. The average molecular weight is 237 g/mol. The number of fused-ring (bicyclic) bond motifs is 1. The SMILES string of the molecule is COC(=O)C1NCC(C)(C)c2ccc(F)cc21. The quantitative estimate of drug-likeness (QED) is 0.758. The standard InChI is InChI=1S/C13H16FNO2/c1-13(2)7-15-11(12(16)17-3)9-6-8(14)4-5-10(9)13/h4-6,11,15H,7H2,1-3H3. The van der Waals surface area contributed by atoms with Crippen LogP contribution in [0.25, 0.3) is 0 Å². The zero-order valence-electron chi connectivity index (χ0n) is 10.2. The Hall–Kier alpha value is -1.42. The van der Waals surface area contributed by atoms with Crippen LogP contribution in [-0.4, -0.2) is 19.6 Å². The van der Waals surface area contributed by atoms with E-state index in [1.165, 1.54) is 19.2 Å². The number of rotatable bonds is 1. The lowest BCUT2D eigenvalue weighted by Crippen LogP contribution is -2.44. The minimum atomic E-state index is -0.571. The van der Waals surface area contributed by atoms with Gasteiger partial charge in [0.1, 0.15) is 11.9 Å². The molecule has 3 nitrogen and oxygen atoms in total. The van der Waals surface area contributed by atoms with Crippen LogP contribution in [0.5, 0.6) is 0 Å². The number of ether oxygens (including phenoxy) is 1. The molecule has 1 heterocycles. The number of nitrogens with one attached hydrogen (secondary N) is 1. The van der Waals surface area contributed by atoms with Crippen LogP contribution in [-0.2, 0) is 14.9 Å². The Balaban J connectivity index is 2.53. The van der Waals surface area contributed by atoms with Gasteiger partial charge in [0.05, 0.1) is 7.11 Å². The third kappa shape index (κ3) is 2.05. The van der Waals surface area contributed by atoms with Gasteiger partial charge in [-0.2, -0.15) is 0 Å². The molecular formula is C13H16FNO2. The van der Waals surface area contributed by atoms with Crippen LogP contribution in [0.15, 0.2) is 18.2 Å². The molecule has 0 aromatic heterocycles. The summed E-state index contributed by atoms with van der Waals surface area (Å²) >= 11 is 0. The van der Waals surface area contributed by atoms with E-state index in [1.54, 1.807) is 6.07 Å². The van der Waals surface area contributed by atoms with Crippen molar-refractivity contribution in [3.63, 3.8) is 0 Å². The summed E-state index contributed by atoms with van der Waals surface area (Å²) in [6.45, 7) is 4.78. The highest BCUT2D eigenvalue weighted by atomic mass is 19.1. The van der Waals surface area contributed by atoms with E-state index in [1.807, 2.05) is 0 Å². The molecule has 1 unspecified atom stereocenters. The molecule has 0 fully saturated rings. The van der Waals surface area contributed by atoms with Crippen LogP contribution in [0, 0.1) is 5.82 Å². The van der Waals surface area contributed by atoms with Crippen molar-refractivity contribution < 1.29 is 13.9 Å². The van der Waals surface area contributed by atoms with Crippen molar-refractivity contribution in [3.05, 3.63) is 35.1 Å². The Morgan fingerprint density at radius 1 is 1.53 bits per heavy atom. The molecule has 0 saturated heterocycles. The highest BCUT2D eigenvalue weighted by Gasteiger charge is 2.36. The van der Waals surface area contributed by atoms with Crippen molar-refractivity contribution in [2.45, 2.75) is 25.3 Å². The summed E-state index contributed by atoms with van der Waals surface area (Å²) in [5, 5.41) is 3.10. The number of halogens is 1. The minimum absolute atomic E-state index is 0.118. The van der Waals surface area contributed by atoms with E-state index >= 15 is 0 Å². The third-order valence-corrected chi connectivity index (χ3v) is 3.24. The number of methoxy groups -OCH3 is 1. The molecule has 1 aliphatic heterocycles. The predicted molar refractivity (Wildman–Crippen MR) is 62.2 cm³/mol. The Bertz CT molecular complexity index is 457. The first-order valence-corrected chi connectivity index (χ1v) is 5.57. The number of hydrogen-bond acceptors (Lipinski definition) is 3. The molecule has 0 saturated carbocycles. The molecule has 0 bridgehead atoms. The molecule has 2 rings (SSSR count). The molecular weight excluding hydrogens is 221 g/mol. The summed E-state index contributed by atoms with van der Waals surface area (Å²) in [5.41, 5.74) is 1.55. The van der Waals surface area contributed by atoms with Gasteiger partial charge in [-0.15, -0.1) is 0 Å². The van der Waals surface area contributed by atoms with Gasteiger partial charge in [0.25, 0.3) is 0 Å². The summed E-state index contributed by atoms with van der Waals surface area (Å²) < 4.78 is 18.0. The lowest BCUT2D eigenvalue weighted by Gasteiger charge is -2.36. The molecule has 0 aliphatic carbocycles. The molecule has 4 heteroatoms. The molecule has 92 valence electrons. The Morgan fingerprint density at radius 3 is 2.88 bits per heavy atom. The van der Waals surface area contributed by atoms with Crippen LogP contribution >= 0.6 is 0 Å². The zero-order valence-corrected chi connectivity index (χ0v) is 10.2. The lowest BCUT2D eigenvalue weighted by atomic mass is 9.77. The topological polar surface area (TPSA) is 38.3 Å². The van der Waals surface area contributed by atoms with Gasteiger partial charge in [-0.05, 0) is 23.3 Å². The maximum absolute atomic E-state index is 13.3. The monoisotopic (exact) mass is 237 g/mol. The number of esters is 1. The van der Waals surface area contributed by atoms with Gasteiger partial charge in [0.15, 0.2) is 0 Å². The van der Waals surface area contributed by atoms with E-state index in [0.29, 0.717) is 12.1 Å². The second-order valence-electron chi connectivity index (χ2n) is 4.95. The molecule has 0 radical (unpaired) electrons. The predicted octanol–water partition coefficient (Wildman–Crippen LogP) is 1.92. The summed E-state index contributed by atoms with van der Waals surface area (Å²) in [4.78, 5) is 11.6. The van der Waals surface area contributed by atoms with E-state index in [2.05, 4.69) is 19.2 Å². The Labute approximate surface area is 100.0 Å². The highest BCUT2D eigenvalue weighted by Crippen LogP contribution is 2.35. The van der Waals surface area contributed by atoms with E-state index in [-0.39, 0.29) is 17.2 Å². The molecule has 1 aromatic carbocycles. The second kappa shape index (κ2) is 4.11. The number of benzene rings is 1. The van der Waals surface area contributed by atoms with Crippen molar-refractivity contribution >= 4 is 5.97 Å². The Morgan fingerprint density at radius 2 is 2.24 bits per heavy atom. The van der Waals surface area contributed by atoms with Crippen molar-refractivity contribution in [1.82, 2.24) is 5.32 Å². The zero-order chi connectivity index (χ0) is 12.6. The van der Waals surface area contributed by atoms with Gasteiger partial charge >= 0.3 is 5.97 Å². The molecule has 1 aromatic rings. The molecule has 17 heavy (non-hydrogen) atoms. The summed E-state index contributed by atoms with van der Waals surface area (Å²) in [6, 6.07) is 4.02. The smallest absolute Gasteiger partial charge is 0.327 e. The van der Waals surface area contributed by atoms with Gasteiger partial charge < -0.3 is 4.74 Å². The van der Waals surface area contributed by atoms with Crippen LogP contribution in [0.1, 0.15) is 31.0 Å². The van der Waals surface area contributed by atoms with Crippen molar-refractivity contribution in [2.24, 2.45) is 0 Å². The van der Waals surface area contributed by atoms with E-state index in [4.69, 9.17) is 4.74 Å². The fourth-order valence-electron chi connectivity index (χ4n) is 2.28. The van der Waals surface area contributed by atoms with E-state index < -0.39 is 6.04 Å². The largest absolute Gasteiger partial charge is 0.468 e. The molecule has 0 spiro atoms. The van der Waals surface area contributed by atoms with Crippen LogP contribution in [0.3, 0.4) is 0 Å². The van der Waals surface area contributed by atoms with Crippen molar-refractivity contribution in [3.8, 4) is 0 Å². The summed E-state index contributed by atoms with van der Waals surface area (Å²) in [6.07, 6.45) is 0. The van der Waals surface area contributed by atoms with Crippen molar-refractivity contribution in [1.29, 1.82) is 0 Å². The van der Waals surface area contributed by atoms with Gasteiger partial charge in [-0.25, -0.2) is 9.18 Å². The minimum Gasteiger partial charge on any atom is -0.468 e. The summed E-state index contributed by atoms with van der Waals surface area (Å²) in [7, 11) is 1.34. The molecule has 0 amide bonds. The molecule has 1 atom stereocenters. The van der Waals surface area contributed by atoms with Gasteiger partial charge in [0, 0.05) is 12.0 Å². The lowest BCUT2D eigenvalue weighted by molar-refractivity contribution is -0.143. The van der Waals surface area contributed by atoms with Gasteiger partial charge in [0.2, 0.25) is 0 Å². The van der Waals surface area contributed by atoms with Crippen LogP contribution < -0.4 is 5.32 Å². The number of hydrogen-bond donors (Lipinski definition) is 1. The second-order valence-corrected chi connectivity index (χ2v) is 4.95. The third-order valence-electron chi connectivity index (χ3n) is 3.24. The molecule has 1 N–H and O–H groups in total. The van der Waals surface area contributed by atoms with Gasteiger partial charge in [-0.1, -0.05) is 19.9 Å². The van der Waals surface area contributed by atoms with Crippen LogP contribution in [0.4, 0.5) is 4.39 Å². The first-order chi connectivity index (χ1) is 7.95. The van der Waals surface area contributed by atoms with E-state index in [9.17, 15) is 9.18 Å². The number of carbonyl (C=O) groups is 1. The highest BCUT2D eigenvalue weighted by molar-refractivity contribution is 5.78. The van der Waals surface area contributed by atoms with E-state index in [0.717, 1.165) is 5.56 Å². The Kier molecular flexibility index (Phi) is 2.91. The van der Waals surface area contributed by atoms with Crippen LogP contribution in [0.2, 0.25) is 0 Å². The summed E-state index contributed by atoms with van der Waals surface area (Å²) in [5.74, 6) is -0.718. The maximum Gasteiger partial charge on any atom is 0.327 e. The maximum atomic E-state index is 13.3. The normalized spacial score (nSPS) is 21.8. The fraction of sp³-hybridized carbons (Fsp3) is 0.462. The number of carbonyl (C=O) groups excluding carboxylic acids is 1. The first kappa shape index (κ1) is 12.0.